The van der Waals surface area contributed by atoms with E-state index in [2.05, 4.69) is 31.2 Å². The summed E-state index contributed by atoms with van der Waals surface area (Å²) in [5.74, 6) is 0.329. The Bertz CT molecular complexity index is 826. The number of nitrogens with zero attached hydrogens (tertiary/aromatic N) is 2. The summed E-state index contributed by atoms with van der Waals surface area (Å²) < 4.78 is 0. The lowest BCUT2D eigenvalue weighted by Crippen LogP contribution is -2.30. The summed E-state index contributed by atoms with van der Waals surface area (Å²) in [5, 5.41) is 0. The molecule has 2 aromatic rings. The fraction of sp³-hybridized carbons (Fsp3) is 0.391. The molecule has 1 unspecified atom stereocenters. The Hall–Kier alpha value is -2.62. The maximum absolute atomic E-state index is 13.1. The molecule has 27 heavy (non-hydrogen) atoms. The summed E-state index contributed by atoms with van der Waals surface area (Å²) in [5.41, 5.74) is 4.26. The second kappa shape index (κ2) is 7.55. The molecule has 2 aliphatic heterocycles. The van der Waals surface area contributed by atoms with Crippen LogP contribution < -0.4 is 0 Å². The van der Waals surface area contributed by atoms with Crippen LogP contribution in [0.5, 0.6) is 0 Å². The number of likely N-dealkylation sites (tertiary alicyclic amines) is 2. The van der Waals surface area contributed by atoms with Crippen molar-refractivity contribution in [3.05, 3.63) is 70.8 Å². The Morgan fingerprint density at radius 3 is 2.41 bits per heavy atom. The van der Waals surface area contributed by atoms with Gasteiger partial charge in [0.15, 0.2) is 0 Å². The van der Waals surface area contributed by atoms with Crippen LogP contribution in [0.2, 0.25) is 0 Å². The fourth-order valence-corrected chi connectivity index (χ4v) is 4.16. The highest BCUT2D eigenvalue weighted by molar-refractivity contribution is 5.94. The lowest BCUT2D eigenvalue weighted by molar-refractivity contribution is -0.128. The third-order valence-corrected chi connectivity index (χ3v) is 5.72. The Balaban J connectivity index is 1.46. The fourth-order valence-electron chi connectivity index (χ4n) is 4.16. The van der Waals surface area contributed by atoms with Crippen molar-refractivity contribution in [3.8, 4) is 0 Å². The van der Waals surface area contributed by atoms with Crippen molar-refractivity contribution in [2.24, 2.45) is 0 Å². The van der Waals surface area contributed by atoms with Gasteiger partial charge in [0.2, 0.25) is 5.91 Å². The zero-order chi connectivity index (χ0) is 18.8. The minimum Gasteiger partial charge on any atom is -0.338 e. The van der Waals surface area contributed by atoms with E-state index < -0.39 is 0 Å². The molecule has 0 saturated carbocycles. The molecule has 0 spiro atoms. The first-order chi connectivity index (χ1) is 13.1. The van der Waals surface area contributed by atoms with Crippen molar-refractivity contribution >= 4 is 11.8 Å². The molecular weight excluding hydrogens is 336 g/mol. The average Bonchev–Trinajstić information content (AvgIpc) is 3.32. The molecule has 2 aliphatic rings. The van der Waals surface area contributed by atoms with Crippen LogP contribution in [-0.4, -0.2) is 34.7 Å². The van der Waals surface area contributed by atoms with Crippen LogP contribution in [-0.2, 0) is 11.3 Å². The topological polar surface area (TPSA) is 40.6 Å². The molecule has 0 aromatic heterocycles. The number of hydrogen-bond acceptors (Lipinski definition) is 2. The number of rotatable bonds is 4. The number of benzene rings is 2. The predicted octanol–water partition coefficient (Wildman–Crippen LogP) is 4.09. The highest BCUT2D eigenvalue weighted by Crippen LogP contribution is 2.33. The molecule has 2 aromatic carbocycles. The maximum Gasteiger partial charge on any atom is 0.254 e. The molecule has 4 rings (SSSR count). The van der Waals surface area contributed by atoms with Gasteiger partial charge in [0.25, 0.3) is 5.91 Å². The van der Waals surface area contributed by atoms with Gasteiger partial charge in [0.05, 0.1) is 6.04 Å². The molecule has 0 aliphatic carbocycles. The van der Waals surface area contributed by atoms with E-state index in [1.807, 2.05) is 34.1 Å². The maximum atomic E-state index is 13.1. The number of carbonyl (C=O) groups is 2. The van der Waals surface area contributed by atoms with Crippen molar-refractivity contribution in [2.45, 2.75) is 45.2 Å². The van der Waals surface area contributed by atoms with E-state index in [0.717, 1.165) is 43.5 Å². The van der Waals surface area contributed by atoms with Gasteiger partial charge in [-0.1, -0.05) is 42.0 Å². The molecule has 140 valence electrons. The normalized spacial score (nSPS) is 19.7. The first kappa shape index (κ1) is 17.8. The highest BCUT2D eigenvalue weighted by atomic mass is 16.2. The number of carbonyl (C=O) groups excluding carboxylic acids is 2. The minimum absolute atomic E-state index is 0.0990. The van der Waals surface area contributed by atoms with E-state index in [-0.39, 0.29) is 17.9 Å². The molecule has 2 heterocycles. The van der Waals surface area contributed by atoms with Crippen LogP contribution in [0.15, 0.2) is 48.5 Å². The van der Waals surface area contributed by atoms with Crippen molar-refractivity contribution in [3.63, 3.8) is 0 Å². The predicted molar refractivity (Wildman–Crippen MR) is 105 cm³/mol. The lowest BCUT2D eigenvalue weighted by Gasteiger charge is -2.25. The summed E-state index contributed by atoms with van der Waals surface area (Å²) in [7, 11) is 0. The van der Waals surface area contributed by atoms with Crippen LogP contribution in [0.4, 0.5) is 0 Å². The van der Waals surface area contributed by atoms with Crippen molar-refractivity contribution in [1.82, 2.24) is 9.80 Å². The van der Waals surface area contributed by atoms with Crippen LogP contribution in [0.25, 0.3) is 0 Å². The molecule has 2 saturated heterocycles. The smallest absolute Gasteiger partial charge is 0.254 e. The van der Waals surface area contributed by atoms with E-state index >= 15 is 0 Å². The summed E-state index contributed by atoms with van der Waals surface area (Å²) in [6, 6.07) is 16.5. The molecule has 0 radical (unpaired) electrons. The molecule has 4 nitrogen and oxygen atoms in total. The van der Waals surface area contributed by atoms with Crippen molar-refractivity contribution < 1.29 is 9.59 Å². The second-order valence-electron chi connectivity index (χ2n) is 7.68. The summed E-state index contributed by atoms with van der Waals surface area (Å²) in [6.45, 7) is 4.37. The molecule has 0 N–H and O–H groups in total. The quantitative estimate of drug-likeness (QED) is 0.822. The monoisotopic (exact) mass is 362 g/mol. The van der Waals surface area contributed by atoms with Gasteiger partial charge >= 0.3 is 0 Å². The molecule has 0 bridgehead atoms. The SMILES string of the molecule is Cc1ccc(C2CCCN2C(=O)c2ccc(CN3CCCC3=O)cc2)cc1. The highest BCUT2D eigenvalue weighted by Gasteiger charge is 2.30. The lowest BCUT2D eigenvalue weighted by atomic mass is 10.0. The van der Waals surface area contributed by atoms with Gasteiger partial charge < -0.3 is 9.80 Å². The Morgan fingerprint density at radius 1 is 1.00 bits per heavy atom. The number of amides is 2. The van der Waals surface area contributed by atoms with Gasteiger partial charge in [-0.05, 0) is 49.4 Å². The van der Waals surface area contributed by atoms with E-state index in [0.29, 0.717) is 13.0 Å². The molecule has 2 amide bonds. The van der Waals surface area contributed by atoms with Gasteiger partial charge in [-0.15, -0.1) is 0 Å². The van der Waals surface area contributed by atoms with Crippen LogP contribution in [0.3, 0.4) is 0 Å². The third-order valence-electron chi connectivity index (χ3n) is 5.72. The Labute approximate surface area is 160 Å². The number of hydrogen-bond donors (Lipinski definition) is 0. The largest absolute Gasteiger partial charge is 0.338 e. The van der Waals surface area contributed by atoms with Gasteiger partial charge in [-0.3, -0.25) is 9.59 Å². The van der Waals surface area contributed by atoms with E-state index in [1.165, 1.54) is 11.1 Å². The van der Waals surface area contributed by atoms with E-state index in [1.54, 1.807) is 0 Å². The van der Waals surface area contributed by atoms with Crippen molar-refractivity contribution in [1.29, 1.82) is 0 Å². The van der Waals surface area contributed by atoms with Gasteiger partial charge in [0.1, 0.15) is 0 Å². The zero-order valence-corrected chi connectivity index (χ0v) is 15.9. The Morgan fingerprint density at radius 2 is 1.74 bits per heavy atom. The van der Waals surface area contributed by atoms with E-state index in [9.17, 15) is 9.59 Å². The summed E-state index contributed by atoms with van der Waals surface area (Å²) >= 11 is 0. The first-order valence-corrected chi connectivity index (χ1v) is 9.86. The third kappa shape index (κ3) is 3.75. The molecule has 4 heteroatoms. The number of aryl methyl sites for hydroxylation is 1. The summed E-state index contributed by atoms with van der Waals surface area (Å²) in [6.07, 6.45) is 3.67. The van der Waals surface area contributed by atoms with Gasteiger partial charge in [-0.25, -0.2) is 0 Å². The average molecular weight is 362 g/mol. The van der Waals surface area contributed by atoms with Crippen LogP contribution in [0, 0.1) is 6.92 Å². The Kier molecular flexibility index (Phi) is 4.97. The van der Waals surface area contributed by atoms with Gasteiger partial charge in [-0.2, -0.15) is 0 Å². The zero-order valence-electron chi connectivity index (χ0n) is 15.9. The van der Waals surface area contributed by atoms with Gasteiger partial charge in [0, 0.05) is 31.6 Å². The van der Waals surface area contributed by atoms with Crippen molar-refractivity contribution in [2.75, 3.05) is 13.1 Å². The second-order valence-corrected chi connectivity index (χ2v) is 7.68. The minimum atomic E-state index is 0.0990. The first-order valence-electron chi connectivity index (χ1n) is 9.86. The summed E-state index contributed by atoms with van der Waals surface area (Å²) in [4.78, 5) is 28.7. The van der Waals surface area contributed by atoms with E-state index in [4.69, 9.17) is 0 Å². The molecular formula is C23H26N2O2. The molecule has 2 fully saturated rings. The molecule has 1 atom stereocenters. The van der Waals surface area contributed by atoms with Crippen LogP contribution in [0.1, 0.15) is 58.8 Å². The van der Waals surface area contributed by atoms with Crippen LogP contribution >= 0.6 is 0 Å². The standard InChI is InChI=1S/C23H26N2O2/c1-17-6-10-19(11-7-17)21-4-2-15-25(21)23(27)20-12-8-18(9-13-20)16-24-14-3-5-22(24)26/h6-13,21H,2-5,14-16H2,1H3.